The van der Waals surface area contributed by atoms with Crippen LogP contribution < -0.4 is 15.0 Å². The minimum Gasteiger partial charge on any atom is -0.470 e. The number of aryl methyl sites for hydroxylation is 1. The first-order chi connectivity index (χ1) is 16.0. The highest BCUT2D eigenvalue weighted by Crippen LogP contribution is 2.26. The van der Waals surface area contributed by atoms with Crippen LogP contribution in [0.5, 0.6) is 5.88 Å². The van der Waals surface area contributed by atoms with E-state index >= 15 is 0 Å². The zero-order chi connectivity index (χ0) is 22.9. The summed E-state index contributed by atoms with van der Waals surface area (Å²) in [4.78, 5) is 17.3. The predicted octanol–water partition coefficient (Wildman–Crippen LogP) is 1.70. The number of aromatic nitrogens is 5. The molecular weight excluding hydrogens is 451 g/mol. The van der Waals surface area contributed by atoms with Crippen LogP contribution in [0.15, 0.2) is 36.4 Å². The second-order valence-corrected chi connectivity index (χ2v) is 8.51. The molecule has 0 radical (unpaired) electrons. The highest BCUT2D eigenvalue weighted by molar-refractivity contribution is 6.30. The Morgan fingerprint density at radius 1 is 1.18 bits per heavy atom. The molecule has 0 bridgehead atoms. The van der Waals surface area contributed by atoms with Gasteiger partial charge in [0.05, 0.1) is 11.7 Å². The van der Waals surface area contributed by atoms with Crippen molar-refractivity contribution < 1.29 is 14.0 Å². The first kappa shape index (κ1) is 21.5. The molecule has 12 heteroatoms. The fraction of sp³-hybridized carbons (Fsp3) is 0.381. The molecule has 1 N–H and O–H groups in total. The fourth-order valence-electron chi connectivity index (χ4n) is 4.17. The second kappa shape index (κ2) is 8.91. The van der Waals surface area contributed by atoms with Crippen molar-refractivity contribution >= 4 is 23.3 Å². The first-order valence-electron chi connectivity index (χ1n) is 10.6. The molecule has 0 spiro atoms. The van der Waals surface area contributed by atoms with Crippen molar-refractivity contribution in [3.05, 3.63) is 58.4 Å². The zero-order valence-corrected chi connectivity index (χ0v) is 18.6. The van der Waals surface area contributed by atoms with Gasteiger partial charge in [-0.15, -0.1) is 15.3 Å². The lowest BCUT2D eigenvalue weighted by molar-refractivity contribution is -0.131. The number of nitrogens with zero attached hydrogens (tertiary/aromatic N) is 7. The number of carbonyl (C=O) groups excluding carboxylic acids is 1. The third-order valence-electron chi connectivity index (χ3n) is 6.00. The van der Waals surface area contributed by atoms with Crippen LogP contribution >= 0.6 is 11.6 Å². The van der Waals surface area contributed by atoms with Gasteiger partial charge in [-0.05, 0) is 35.9 Å². The molecule has 1 amide bonds. The Morgan fingerprint density at radius 3 is 2.79 bits per heavy atom. The summed E-state index contributed by atoms with van der Waals surface area (Å²) in [7, 11) is 0. The number of ether oxygens (including phenoxy) is 1. The largest absolute Gasteiger partial charge is 0.470 e. The lowest BCUT2D eigenvalue weighted by Gasteiger charge is -2.45. The van der Waals surface area contributed by atoms with E-state index in [9.17, 15) is 9.28 Å². The van der Waals surface area contributed by atoms with Gasteiger partial charge in [0, 0.05) is 37.3 Å². The molecule has 2 aliphatic heterocycles. The maximum Gasteiger partial charge on any atom is 0.239 e. The molecule has 33 heavy (non-hydrogen) atoms. The number of amides is 1. The van der Waals surface area contributed by atoms with Crippen LogP contribution in [0.25, 0.3) is 0 Å². The Kier molecular flexibility index (Phi) is 5.81. The number of halogens is 2. The number of hydrogen-bond donors (Lipinski definition) is 1. The van der Waals surface area contributed by atoms with Crippen molar-refractivity contribution in [2.45, 2.75) is 25.6 Å². The van der Waals surface area contributed by atoms with Gasteiger partial charge in [-0.3, -0.25) is 9.69 Å². The Labute approximate surface area is 194 Å². The maximum absolute atomic E-state index is 13.5. The number of piperazine rings is 2. The monoisotopic (exact) mass is 472 g/mol. The van der Waals surface area contributed by atoms with Crippen molar-refractivity contribution in [2.24, 2.45) is 0 Å². The van der Waals surface area contributed by atoms with Gasteiger partial charge in [-0.2, -0.15) is 0 Å². The summed E-state index contributed by atoms with van der Waals surface area (Å²) in [5.41, 5.74) is 1.67. The minimum atomic E-state index is -0.271. The van der Waals surface area contributed by atoms with Crippen LogP contribution in [-0.2, 0) is 11.4 Å². The van der Waals surface area contributed by atoms with Gasteiger partial charge in [0.15, 0.2) is 5.82 Å². The summed E-state index contributed by atoms with van der Waals surface area (Å²) < 4.78 is 19.0. The molecule has 0 aliphatic carbocycles. The molecule has 4 heterocycles. The number of carbonyl (C=O) groups is 1. The van der Waals surface area contributed by atoms with Crippen LogP contribution in [0.4, 0.5) is 10.3 Å². The second-order valence-electron chi connectivity index (χ2n) is 8.07. The van der Waals surface area contributed by atoms with Crippen molar-refractivity contribution in [3.8, 4) is 5.88 Å². The standard InChI is InChI=1S/C21H22ClFN8O2/c1-13-18(31(23)28-25-13)12-33-20-6-5-19(26-27-20)30-8-7-29-10-16(24-21(32)17(29)11-30)14-3-2-4-15(22)9-14/h2-6,9,16-17H,7-8,10-12H2,1H3,(H,24,32)/t16?,17-/m0/s1. The van der Waals surface area contributed by atoms with Crippen LogP contribution in [0, 0.1) is 6.92 Å². The van der Waals surface area contributed by atoms with Crippen molar-refractivity contribution in [1.82, 2.24) is 35.6 Å². The summed E-state index contributed by atoms with van der Waals surface area (Å²) in [6, 6.07) is 10.7. The Balaban J connectivity index is 1.21. The zero-order valence-electron chi connectivity index (χ0n) is 17.9. The number of benzene rings is 1. The van der Waals surface area contributed by atoms with Crippen LogP contribution in [-0.4, -0.2) is 68.4 Å². The van der Waals surface area contributed by atoms with Gasteiger partial charge >= 0.3 is 0 Å². The smallest absolute Gasteiger partial charge is 0.239 e. The van der Waals surface area contributed by atoms with Crippen LogP contribution in [0.2, 0.25) is 5.02 Å². The lowest BCUT2D eigenvalue weighted by Crippen LogP contribution is -2.64. The Bertz CT molecular complexity index is 1140. The van der Waals surface area contributed by atoms with E-state index in [1.165, 1.54) is 0 Å². The maximum atomic E-state index is 13.5. The third-order valence-corrected chi connectivity index (χ3v) is 6.23. The van der Waals surface area contributed by atoms with E-state index in [0.717, 1.165) is 18.7 Å². The van der Waals surface area contributed by atoms with Gasteiger partial charge in [0.2, 0.25) is 11.8 Å². The summed E-state index contributed by atoms with van der Waals surface area (Å²) in [6.07, 6.45) is 0. The van der Waals surface area contributed by atoms with Crippen LogP contribution in [0.3, 0.4) is 0 Å². The number of hydrogen-bond acceptors (Lipinski definition) is 8. The topological polar surface area (TPSA) is 101 Å². The summed E-state index contributed by atoms with van der Waals surface area (Å²) in [6.45, 7) is 4.26. The van der Waals surface area contributed by atoms with Crippen molar-refractivity contribution in [1.29, 1.82) is 0 Å². The average Bonchev–Trinajstić information content (AvgIpc) is 3.15. The predicted molar refractivity (Wildman–Crippen MR) is 118 cm³/mol. The summed E-state index contributed by atoms with van der Waals surface area (Å²) >= 11 is 6.12. The number of fused-ring (bicyclic) bond motifs is 1. The molecule has 1 unspecified atom stereocenters. The molecule has 2 aromatic heterocycles. The molecular formula is C21H22ClFN8O2. The SMILES string of the molecule is Cc1nnn(F)c1COc1ccc(N2CCN3CC(c4cccc(Cl)c4)NC(=O)[C@@H]3C2)nn1. The number of rotatable bonds is 5. The van der Waals surface area contributed by atoms with Gasteiger partial charge in [0.25, 0.3) is 0 Å². The van der Waals surface area contributed by atoms with E-state index < -0.39 is 0 Å². The minimum absolute atomic E-state index is 0.0179. The Morgan fingerprint density at radius 2 is 2.06 bits per heavy atom. The van der Waals surface area contributed by atoms with Gasteiger partial charge in [-0.1, -0.05) is 33.1 Å². The Hall–Kier alpha value is -3.31. The van der Waals surface area contributed by atoms with Crippen LogP contribution in [0.1, 0.15) is 23.0 Å². The number of anilines is 1. The molecule has 5 rings (SSSR count). The normalized spacial score (nSPS) is 20.9. The summed E-state index contributed by atoms with van der Waals surface area (Å²) in [5.74, 6) is 0.897. The van der Waals surface area contributed by atoms with E-state index in [-0.39, 0.29) is 41.1 Å². The number of nitrogens with one attached hydrogen (secondary N) is 1. The molecule has 2 atom stereocenters. The van der Waals surface area contributed by atoms with Gasteiger partial charge in [0.1, 0.15) is 18.3 Å². The highest BCUT2D eigenvalue weighted by Gasteiger charge is 2.39. The molecule has 2 fully saturated rings. The van der Waals surface area contributed by atoms with E-state index in [4.69, 9.17) is 16.3 Å². The lowest BCUT2D eigenvalue weighted by atomic mass is 9.99. The van der Waals surface area contributed by atoms with E-state index in [2.05, 4.69) is 30.7 Å². The molecule has 0 saturated carbocycles. The van der Waals surface area contributed by atoms with Crippen molar-refractivity contribution in [2.75, 3.05) is 31.1 Å². The van der Waals surface area contributed by atoms with E-state index in [1.807, 2.05) is 29.2 Å². The highest BCUT2D eigenvalue weighted by atomic mass is 35.5. The van der Waals surface area contributed by atoms with E-state index in [0.29, 0.717) is 29.6 Å². The third kappa shape index (κ3) is 4.46. The van der Waals surface area contributed by atoms with E-state index in [1.54, 1.807) is 19.1 Å². The van der Waals surface area contributed by atoms with Gasteiger partial charge < -0.3 is 15.0 Å². The average molecular weight is 473 g/mol. The molecule has 3 aromatic rings. The first-order valence-corrected chi connectivity index (χ1v) is 10.9. The van der Waals surface area contributed by atoms with Gasteiger partial charge in [-0.25, -0.2) is 0 Å². The molecule has 2 saturated heterocycles. The molecule has 10 nitrogen and oxygen atoms in total. The molecule has 172 valence electrons. The quantitative estimate of drug-likeness (QED) is 0.599. The van der Waals surface area contributed by atoms with Crippen molar-refractivity contribution in [3.63, 3.8) is 0 Å². The molecule has 2 aliphatic rings. The summed E-state index contributed by atoms with van der Waals surface area (Å²) in [5, 5.41) is 19.0. The fourth-order valence-corrected chi connectivity index (χ4v) is 4.36. The molecule has 1 aromatic carbocycles.